The number of para-hydroxylation sites is 1. The second kappa shape index (κ2) is 5.99. The van der Waals surface area contributed by atoms with Crippen LogP contribution in [0.1, 0.15) is 18.9 Å². The number of aromatic nitrogens is 2. The van der Waals surface area contributed by atoms with Crippen LogP contribution in [0.4, 0.5) is 0 Å². The zero-order valence-electron chi connectivity index (χ0n) is 10.8. The van der Waals surface area contributed by atoms with E-state index in [1.54, 1.807) is 10.9 Å². The summed E-state index contributed by atoms with van der Waals surface area (Å²) in [6.07, 6.45) is 4.10. The first-order valence-electron chi connectivity index (χ1n) is 6.17. The van der Waals surface area contributed by atoms with Crippen LogP contribution in [0.25, 0.3) is 5.69 Å². The summed E-state index contributed by atoms with van der Waals surface area (Å²) in [5, 5.41) is 4.21. The number of benzene rings is 1. The Bertz CT molecular complexity index is 620. The summed E-state index contributed by atoms with van der Waals surface area (Å²) in [7, 11) is -3.17. The Kier molecular flexibility index (Phi) is 4.34. The third kappa shape index (κ3) is 3.90. The molecule has 2 aromatic rings. The number of nitrogens with one attached hydrogen (secondary N) is 1. The van der Waals surface area contributed by atoms with E-state index in [2.05, 4.69) is 9.82 Å². The third-order valence-corrected chi connectivity index (χ3v) is 4.16. The van der Waals surface area contributed by atoms with E-state index in [1.165, 1.54) is 0 Å². The fraction of sp³-hybridized carbons (Fsp3) is 0.308. The van der Waals surface area contributed by atoms with E-state index in [1.807, 2.05) is 43.5 Å². The van der Waals surface area contributed by atoms with Gasteiger partial charge in [0.05, 0.1) is 17.6 Å². The van der Waals surface area contributed by atoms with Crippen LogP contribution < -0.4 is 4.72 Å². The lowest BCUT2D eigenvalue weighted by molar-refractivity contribution is 0.580. The lowest BCUT2D eigenvalue weighted by Gasteiger charge is -2.03. The van der Waals surface area contributed by atoms with Crippen LogP contribution in [-0.2, 0) is 16.6 Å². The molecular weight excluding hydrogens is 262 g/mol. The summed E-state index contributed by atoms with van der Waals surface area (Å²) in [6, 6.07) is 9.68. The average Bonchev–Trinajstić information content (AvgIpc) is 2.86. The van der Waals surface area contributed by atoms with Crippen molar-refractivity contribution in [1.82, 2.24) is 14.5 Å². The minimum atomic E-state index is -3.17. The van der Waals surface area contributed by atoms with Crippen molar-refractivity contribution in [2.45, 2.75) is 19.9 Å². The van der Waals surface area contributed by atoms with Gasteiger partial charge in [0.15, 0.2) is 0 Å². The van der Waals surface area contributed by atoms with Crippen LogP contribution in [0.2, 0.25) is 0 Å². The molecule has 0 aliphatic heterocycles. The van der Waals surface area contributed by atoms with Gasteiger partial charge in [-0.1, -0.05) is 25.1 Å². The Labute approximate surface area is 113 Å². The smallest absolute Gasteiger partial charge is 0.211 e. The second-order valence-corrected chi connectivity index (χ2v) is 6.20. The third-order valence-electron chi connectivity index (χ3n) is 2.63. The van der Waals surface area contributed by atoms with Crippen molar-refractivity contribution in [3.8, 4) is 5.69 Å². The highest BCUT2D eigenvalue weighted by Gasteiger charge is 2.09. The van der Waals surface area contributed by atoms with E-state index in [-0.39, 0.29) is 12.3 Å². The van der Waals surface area contributed by atoms with E-state index in [4.69, 9.17) is 0 Å². The SMILES string of the molecule is CCCS(=O)(=O)NCc1cnn(-c2ccccc2)c1. The monoisotopic (exact) mass is 279 g/mol. The molecule has 1 aromatic heterocycles. The minimum Gasteiger partial charge on any atom is -0.241 e. The Balaban J connectivity index is 2.03. The van der Waals surface area contributed by atoms with Crippen LogP contribution >= 0.6 is 0 Å². The summed E-state index contributed by atoms with van der Waals surface area (Å²) in [6.45, 7) is 2.11. The summed E-state index contributed by atoms with van der Waals surface area (Å²) < 4.78 is 27.4. The molecule has 0 unspecified atom stereocenters. The number of hydrogen-bond donors (Lipinski definition) is 1. The lowest BCUT2D eigenvalue weighted by atomic mass is 10.3. The Morgan fingerprint density at radius 2 is 2.00 bits per heavy atom. The number of hydrogen-bond acceptors (Lipinski definition) is 3. The van der Waals surface area contributed by atoms with Crippen molar-refractivity contribution < 1.29 is 8.42 Å². The predicted molar refractivity (Wildman–Crippen MR) is 74.5 cm³/mol. The van der Waals surface area contributed by atoms with Crippen molar-refractivity contribution in [3.05, 3.63) is 48.3 Å². The van der Waals surface area contributed by atoms with Gasteiger partial charge in [-0.15, -0.1) is 0 Å². The molecule has 0 saturated carbocycles. The molecule has 1 N–H and O–H groups in total. The van der Waals surface area contributed by atoms with Crippen LogP contribution in [0.15, 0.2) is 42.7 Å². The highest BCUT2D eigenvalue weighted by atomic mass is 32.2. The fourth-order valence-electron chi connectivity index (χ4n) is 1.71. The van der Waals surface area contributed by atoms with Gasteiger partial charge in [-0.25, -0.2) is 17.8 Å². The average molecular weight is 279 g/mol. The Morgan fingerprint density at radius 1 is 1.26 bits per heavy atom. The van der Waals surface area contributed by atoms with Gasteiger partial charge in [0.25, 0.3) is 0 Å². The second-order valence-electron chi connectivity index (χ2n) is 4.27. The van der Waals surface area contributed by atoms with Crippen molar-refractivity contribution in [2.24, 2.45) is 0 Å². The van der Waals surface area contributed by atoms with E-state index in [0.717, 1.165) is 11.3 Å². The molecule has 19 heavy (non-hydrogen) atoms. The van der Waals surface area contributed by atoms with Crippen LogP contribution in [0.3, 0.4) is 0 Å². The van der Waals surface area contributed by atoms with Crippen molar-refractivity contribution in [3.63, 3.8) is 0 Å². The van der Waals surface area contributed by atoms with Crippen molar-refractivity contribution in [2.75, 3.05) is 5.75 Å². The molecule has 0 bridgehead atoms. The lowest BCUT2D eigenvalue weighted by Crippen LogP contribution is -2.25. The van der Waals surface area contributed by atoms with Gasteiger partial charge in [0.1, 0.15) is 0 Å². The number of sulfonamides is 1. The van der Waals surface area contributed by atoms with E-state index < -0.39 is 10.0 Å². The molecule has 0 fully saturated rings. The molecule has 1 aromatic carbocycles. The molecule has 0 amide bonds. The fourth-order valence-corrected chi connectivity index (χ4v) is 2.78. The zero-order chi connectivity index (χ0) is 13.7. The first-order valence-corrected chi connectivity index (χ1v) is 7.82. The van der Waals surface area contributed by atoms with Gasteiger partial charge in [-0.05, 0) is 18.6 Å². The van der Waals surface area contributed by atoms with E-state index in [9.17, 15) is 8.42 Å². The normalized spacial score (nSPS) is 11.6. The first-order chi connectivity index (χ1) is 9.11. The predicted octanol–water partition coefficient (Wildman–Crippen LogP) is 1.70. The Hall–Kier alpha value is -1.66. The summed E-state index contributed by atoms with van der Waals surface area (Å²) >= 11 is 0. The molecule has 2 rings (SSSR count). The maximum atomic E-state index is 11.5. The van der Waals surface area contributed by atoms with Gasteiger partial charge >= 0.3 is 0 Å². The molecule has 0 saturated heterocycles. The van der Waals surface area contributed by atoms with Gasteiger partial charge < -0.3 is 0 Å². The number of rotatable bonds is 6. The zero-order valence-corrected chi connectivity index (χ0v) is 11.6. The molecule has 0 atom stereocenters. The molecule has 5 nitrogen and oxygen atoms in total. The standard InChI is InChI=1S/C13H17N3O2S/c1-2-8-19(17,18)15-10-12-9-14-16(11-12)13-6-4-3-5-7-13/h3-7,9,11,15H,2,8,10H2,1H3. The van der Waals surface area contributed by atoms with Crippen molar-refractivity contribution >= 4 is 10.0 Å². The quantitative estimate of drug-likeness (QED) is 0.875. The van der Waals surface area contributed by atoms with Gasteiger partial charge in [-0.2, -0.15) is 5.10 Å². The summed E-state index contributed by atoms with van der Waals surface area (Å²) in [5.41, 5.74) is 1.79. The summed E-state index contributed by atoms with van der Waals surface area (Å²) in [4.78, 5) is 0. The van der Waals surface area contributed by atoms with Crippen molar-refractivity contribution in [1.29, 1.82) is 0 Å². The largest absolute Gasteiger partial charge is 0.241 e. The topological polar surface area (TPSA) is 64.0 Å². The maximum Gasteiger partial charge on any atom is 0.211 e. The molecule has 1 heterocycles. The molecule has 0 radical (unpaired) electrons. The number of nitrogens with zero attached hydrogens (tertiary/aromatic N) is 2. The van der Waals surface area contributed by atoms with Crippen LogP contribution in [0, 0.1) is 0 Å². The molecule has 102 valence electrons. The molecule has 0 aliphatic carbocycles. The van der Waals surface area contributed by atoms with Crippen LogP contribution in [0.5, 0.6) is 0 Å². The molecule has 0 spiro atoms. The maximum absolute atomic E-state index is 11.5. The minimum absolute atomic E-state index is 0.153. The van der Waals surface area contributed by atoms with E-state index in [0.29, 0.717) is 6.42 Å². The molecular formula is C13H17N3O2S. The van der Waals surface area contributed by atoms with E-state index >= 15 is 0 Å². The van der Waals surface area contributed by atoms with Gasteiger partial charge in [0, 0.05) is 18.3 Å². The highest BCUT2D eigenvalue weighted by molar-refractivity contribution is 7.89. The first kappa shape index (κ1) is 13.8. The highest BCUT2D eigenvalue weighted by Crippen LogP contribution is 2.07. The Morgan fingerprint density at radius 3 is 2.68 bits per heavy atom. The molecule has 0 aliphatic rings. The molecule has 6 heteroatoms. The van der Waals surface area contributed by atoms with Crippen LogP contribution in [-0.4, -0.2) is 24.0 Å². The van der Waals surface area contributed by atoms with Gasteiger partial charge in [0.2, 0.25) is 10.0 Å². The summed E-state index contributed by atoms with van der Waals surface area (Å²) in [5.74, 6) is 0.153. The van der Waals surface area contributed by atoms with Gasteiger partial charge in [-0.3, -0.25) is 0 Å².